The van der Waals surface area contributed by atoms with E-state index in [1.807, 2.05) is 6.92 Å². The number of nitrogens with zero attached hydrogens (tertiary/aromatic N) is 1. The molecule has 1 aromatic rings. The van der Waals surface area contributed by atoms with E-state index >= 15 is 0 Å². The van der Waals surface area contributed by atoms with Gasteiger partial charge in [0.25, 0.3) is 0 Å². The van der Waals surface area contributed by atoms with Crippen molar-refractivity contribution in [1.29, 1.82) is 0 Å². The predicted molar refractivity (Wildman–Crippen MR) is 76.7 cm³/mol. The van der Waals surface area contributed by atoms with Gasteiger partial charge in [-0.3, -0.25) is 0 Å². The first kappa shape index (κ1) is 15.4. The summed E-state index contributed by atoms with van der Waals surface area (Å²) < 4.78 is 40.7. The molecule has 20 heavy (non-hydrogen) atoms. The highest BCUT2D eigenvalue weighted by Crippen LogP contribution is 2.27. The molecule has 6 heteroatoms. The zero-order valence-corrected chi connectivity index (χ0v) is 12.9. The molecule has 2 rings (SSSR count). The minimum atomic E-state index is -3.57. The maximum absolute atomic E-state index is 13.4. The molecule has 1 saturated heterocycles. The summed E-state index contributed by atoms with van der Waals surface area (Å²) in [5, 5.41) is 3.10. The molecule has 0 saturated carbocycles. The van der Waals surface area contributed by atoms with Crippen molar-refractivity contribution >= 4 is 10.0 Å². The third-order valence-electron chi connectivity index (χ3n) is 3.60. The molecule has 0 bridgehead atoms. The Morgan fingerprint density at radius 2 is 1.85 bits per heavy atom. The van der Waals surface area contributed by atoms with Crippen LogP contribution in [0.3, 0.4) is 0 Å². The Kier molecular flexibility index (Phi) is 4.46. The number of hydrogen-bond donors (Lipinski definition) is 1. The van der Waals surface area contributed by atoms with Gasteiger partial charge in [-0.1, -0.05) is 6.92 Å². The third kappa shape index (κ3) is 2.73. The first-order valence-corrected chi connectivity index (χ1v) is 8.31. The van der Waals surface area contributed by atoms with Crippen LogP contribution in [-0.4, -0.2) is 38.4 Å². The van der Waals surface area contributed by atoms with Crippen LogP contribution in [0.5, 0.6) is 0 Å². The monoisotopic (exact) mass is 300 g/mol. The highest BCUT2D eigenvalue weighted by atomic mass is 32.2. The average Bonchev–Trinajstić information content (AvgIpc) is 2.23. The summed E-state index contributed by atoms with van der Waals surface area (Å²) in [6.07, 6.45) is 0.759. The largest absolute Gasteiger partial charge is 0.313 e. The van der Waals surface area contributed by atoms with Gasteiger partial charge in [-0.05, 0) is 43.5 Å². The van der Waals surface area contributed by atoms with Gasteiger partial charge < -0.3 is 5.32 Å². The predicted octanol–water partition coefficient (Wildman–Crippen LogP) is 1.82. The standard InChI is InChI=1S/C14H21FN2O2S/c1-4-5-17(13-8-16-9-13)20(18,19)14-10(2)6-12(15)7-11(14)3/h6-7,13,16H,4-5,8-9H2,1-3H3. The topological polar surface area (TPSA) is 49.4 Å². The Bertz CT molecular complexity index is 574. The highest BCUT2D eigenvalue weighted by Gasteiger charge is 2.35. The van der Waals surface area contributed by atoms with Gasteiger partial charge in [-0.25, -0.2) is 12.8 Å². The number of rotatable bonds is 5. The lowest BCUT2D eigenvalue weighted by molar-refractivity contribution is 0.241. The molecule has 0 unspecified atom stereocenters. The summed E-state index contributed by atoms with van der Waals surface area (Å²) >= 11 is 0. The molecule has 0 aliphatic carbocycles. The van der Waals surface area contributed by atoms with E-state index in [0.717, 1.165) is 6.42 Å². The van der Waals surface area contributed by atoms with Gasteiger partial charge in [0.1, 0.15) is 5.82 Å². The van der Waals surface area contributed by atoms with Gasteiger partial charge in [-0.15, -0.1) is 0 Å². The molecule has 1 heterocycles. The molecule has 1 aliphatic rings. The van der Waals surface area contributed by atoms with E-state index in [-0.39, 0.29) is 10.9 Å². The molecule has 1 aromatic carbocycles. The summed E-state index contributed by atoms with van der Waals surface area (Å²) in [7, 11) is -3.57. The van der Waals surface area contributed by atoms with E-state index in [1.54, 1.807) is 18.2 Å². The molecule has 0 atom stereocenters. The number of halogens is 1. The van der Waals surface area contributed by atoms with E-state index in [0.29, 0.717) is 30.8 Å². The smallest absolute Gasteiger partial charge is 0.243 e. The van der Waals surface area contributed by atoms with Gasteiger partial charge >= 0.3 is 0 Å². The van der Waals surface area contributed by atoms with Crippen molar-refractivity contribution in [1.82, 2.24) is 9.62 Å². The maximum Gasteiger partial charge on any atom is 0.243 e. The van der Waals surface area contributed by atoms with Crippen LogP contribution in [0.4, 0.5) is 4.39 Å². The fourth-order valence-electron chi connectivity index (χ4n) is 2.62. The number of aryl methyl sites for hydroxylation is 2. The van der Waals surface area contributed by atoms with Crippen molar-refractivity contribution < 1.29 is 12.8 Å². The van der Waals surface area contributed by atoms with Gasteiger partial charge in [0.2, 0.25) is 10.0 Å². The van der Waals surface area contributed by atoms with Gasteiger partial charge in [0.05, 0.1) is 10.9 Å². The second-order valence-corrected chi connectivity index (χ2v) is 7.12. The Morgan fingerprint density at radius 3 is 2.25 bits per heavy atom. The lowest BCUT2D eigenvalue weighted by Crippen LogP contribution is -2.59. The van der Waals surface area contributed by atoms with Crippen LogP contribution in [0.1, 0.15) is 24.5 Å². The molecule has 0 amide bonds. The summed E-state index contributed by atoms with van der Waals surface area (Å²) in [4.78, 5) is 0.249. The summed E-state index contributed by atoms with van der Waals surface area (Å²) in [6, 6.07) is 2.57. The van der Waals surface area contributed by atoms with Crippen molar-refractivity contribution in [2.75, 3.05) is 19.6 Å². The van der Waals surface area contributed by atoms with Crippen LogP contribution in [0, 0.1) is 19.7 Å². The third-order valence-corrected chi connectivity index (χ3v) is 5.86. The van der Waals surface area contributed by atoms with Crippen LogP contribution in [-0.2, 0) is 10.0 Å². The lowest BCUT2D eigenvalue weighted by atomic mass is 10.1. The van der Waals surface area contributed by atoms with Crippen molar-refractivity contribution in [2.24, 2.45) is 0 Å². The quantitative estimate of drug-likeness (QED) is 0.902. The summed E-state index contributed by atoms with van der Waals surface area (Å²) in [5.41, 5.74) is 0.937. The first-order valence-electron chi connectivity index (χ1n) is 6.87. The fourth-order valence-corrected chi connectivity index (χ4v) is 4.75. The molecule has 0 spiro atoms. The fraction of sp³-hybridized carbons (Fsp3) is 0.571. The van der Waals surface area contributed by atoms with Crippen LogP contribution in [0.25, 0.3) is 0 Å². The van der Waals surface area contributed by atoms with E-state index < -0.39 is 15.8 Å². The van der Waals surface area contributed by atoms with Gasteiger partial charge in [0.15, 0.2) is 0 Å². The maximum atomic E-state index is 13.4. The molecular weight excluding hydrogens is 279 g/mol. The van der Waals surface area contributed by atoms with Crippen LogP contribution < -0.4 is 5.32 Å². The Hall–Kier alpha value is -0.980. The number of benzene rings is 1. The second kappa shape index (κ2) is 5.79. The normalized spacial score (nSPS) is 16.4. The molecule has 4 nitrogen and oxygen atoms in total. The molecule has 1 fully saturated rings. The van der Waals surface area contributed by atoms with E-state index in [2.05, 4.69) is 5.32 Å². The molecule has 1 aliphatic heterocycles. The first-order chi connectivity index (χ1) is 9.37. The minimum absolute atomic E-state index is 0.00352. The zero-order chi connectivity index (χ0) is 14.9. The van der Waals surface area contributed by atoms with E-state index in [9.17, 15) is 12.8 Å². The zero-order valence-electron chi connectivity index (χ0n) is 12.1. The van der Waals surface area contributed by atoms with Crippen molar-refractivity contribution in [2.45, 2.75) is 38.1 Å². The Balaban J connectivity index is 2.47. The SMILES string of the molecule is CCCN(C1CNC1)S(=O)(=O)c1c(C)cc(F)cc1C. The molecule has 112 valence electrons. The summed E-state index contributed by atoms with van der Waals surface area (Å²) in [5.74, 6) is -0.397. The average molecular weight is 300 g/mol. The molecule has 1 N–H and O–H groups in total. The minimum Gasteiger partial charge on any atom is -0.313 e. The number of sulfonamides is 1. The van der Waals surface area contributed by atoms with Crippen LogP contribution in [0.15, 0.2) is 17.0 Å². The van der Waals surface area contributed by atoms with Crippen LogP contribution >= 0.6 is 0 Å². The molecular formula is C14H21FN2O2S. The van der Waals surface area contributed by atoms with E-state index in [1.165, 1.54) is 12.1 Å². The number of nitrogens with one attached hydrogen (secondary N) is 1. The van der Waals surface area contributed by atoms with Crippen molar-refractivity contribution in [3.8, 4) is 0 Å². The van der Waals surface area contributed by atoms with Crippen molar-refractivity contribution in [3.05, 3.63) is 29.1 Å². The second-order valence-electron chi connectivity index (χ2n) is 5.30. The lowest BCUT2D eigenvalue weighted by Gasteiger charge is -2.37. The van der Waals surface area contributed by atoms with Gasteiger partial charge in [-0.2, -0.15) is 4.31 Å². The summed E-state index contributed by atoms with van der Waals surface area (Å²) in [6.45, 7) is 7.10. The number of hydrogen-bond acceptors (Lipinski definition) is 3. The van der Waals surface area contributed by atoms with E-state index in [4.69, 9.17) is 0 Å². The highest BCUT2D eigenvalue weighted by molar-refractivity contribution is 7.89. The molecule has 0 radical (unpaired) electrons. The Labute approximate surface area is 120 Å². The molecule has 0 aromatic heterocycles. The Morgan fingerprint density at radius 1 is 1.30 bits per heavy atom. The van der Waals surface area contributed by atoms with Gasteiger partial charge in [0, 0.05) is 19.6 Å². The van der Waals surface area contributed by atoms with Crippen LogP contribution in [0.2, 0.25) is 0 Å². The van der Waals surface area contributed by atoms with Crippen molar-refractivity contribution in [3.63, 3.8) is 0 Å².